The van der Waals surface area contributed by atoms with Crippen LogP contribution < -0.4 is 15.4 Å². The van der Waals surface area contributed by atoms with Crippen molar-refractivity contribution in [2.24, 2.45) is 5.90 Å². The normalized spacial score (nSPS) is 17.1. The molecule has 1 aliphatic heterocycles. The summed E-state index contributed by atoms with van der Waals surface area (Å²) in [5.41, 5.74) is 1.71. The number of nitrogens with zero attached hydrogens (tertiary/aromatic N) is 2. The molecule has 0 aromatic heterocycles. The van der Waals surface area contributed by atoms with Crippen molar-refractivity contribution in [3.8, 4) is 17.6 Å². The molecule has 0 aliphatic carbocycles. The van der Waals surface area contributed by atoms with Crippen molar-refractivity contribution in [1.82, 2.24) is 5.06 Å². The van der Waals surface area contributed by atoms with E-state index in [9.17, 15) is 0 Å². The molecule has 150 valence electrons. The molecule has 3 rings (SSSR count). The molecule has 28 heavy (non-hydrogen) atoms. The Morgan fingerprint density at radius 3 is 2.00 bits per heavy atom. The van der Waals surface area contributed by atoms with Crippen LogP contribution in [-0.4, -0.2) is 31.9 Å². The SMILES string of the molecule is COc1ccc(Cl)cc1CON.COc1ccc(Cl)cc1CON1CC1C#N. The van der Waals surface area contributed by atoms with Crippen LogP contribution in [0.15, 0.2) is 36.4 Å². The van der Waals surface area contributed by atoms with Gasteiger partial charge in [0.05, 0.1) is 40.0 Å². The van der Waals surface area contributed by atoms with Gasteiger partial charge in [-0.1, -0.05) is 23.2 Å². The Morgan fingerprint density at radius 2 is 1.57 bits per heavy atom. The van der Waals surface area contributed by atoms with E-state index < -0.39 is 0 Å². The summed E-state index contributed by atoms with van der Waals surface area (Å²) in [6, 6.07) is 12.6. The van der Waals surface area contributed by atoms with Gasteiger partial charge in [0, 0.05) is 21.2 Å². The number of hydrogen-bond donors (Lipinski definition) is 1. The van der Waals surface area contributed by atoms with E-state index in [2.05, 4.69) is 10.9 Å². The summed E-state index contributed by atoms with van der Waals surface area (Å²) in [5.74, 6) is 6.40. The highest BCUT2D eigenvalue weighted by atomic mass is 35.5. The summed E-state index contributed by atoms with van der Waals surface area (Å²) < 4.78 is 10.2. The van der Waals surface area contributed by atoms with Crippen LogP contribution in [0.2, 0.25) is 10.0 Å². The molecule has 2 N–H and O–H groups in total. The van der Waals surface area contributed by atoms with Crippen LogP contribution in [0, 0.1) is 11.3 Å². The Morgan fingerprint density at radius 1 is 1.04 bits per heavy atom. The van der Waals surface area contributed by atoms with E-state index in [0.717, 1.165) is 22.6 Å². The molecule has 0 radical (unpaired) electrons. The summed E-state index contributed by atoms with van der Waals surface area (Å²) in [4.78, 5) is 9.90. The van der Waals surface area contributed by atoms with Crippen LogP contribution in [0.1, 0.15) is 11.1 Å². The van der Waals surface area contributed by atoms with Gasteiger partial charge < -0.3 is 9.47 Å². The second kappa shape index (κ2) is 11.1. The third-order valence-electron chi connectivity index (χ3n) is 3.83. The topological polar surface area (TPSA) is 89.7 Å². The van der Waals surface area contributed by atoms with Crippen LogP contribution in [0.25, 0.3) is 0 Å². The van der Waals surface area contributed by atoms with Crippen molar-refractivity contribution in [3.05, 3.63) is 57.6 Å². The van der Waals surface area contributed by atoms with E-state index in [4.69, 9.17) is 48.7 Å². The Bertz CT molecular complexity index is 829. The van der Waals surface area contributed by atoms with Crippen molar-refractivity contribution in [2.45, 2.75) is 19.3 Å². The Balaban J connectivity index is 0.000000209. The van der Waals surface area contributed by atoms with Gasteiger partial charge in [-0.15, -0.1) is 0 Å². The monoisotopic (exact) mass is 425 g/mol. The van der Waals surface area contributed by atoms with Gasteiger partial charge >= 0.3 is 0 Å². The van der Waals surface area contributed by atoms with Gasteiger partial charge in [0.1, 0.15) is 17.5 Å². The molecule has 0 bridgehead atoms. The minimum atomic E-state index is -0.106. The molecule has 0 amide bonds. The zero-order chi connectivity index (χ0) is 20.5. The highest BCUT2D eigenvalue weighted by Gasteiger charge is 2.35. The van der Waals surface area contributed by atoms with Crippen LogP contribution >= 0.6 is 23.2 Å². The molecule has 0 spiro atoms. The Labute approximate surface area is 174 Å². The lowest BCUT2D eigenvalue weighted by molar-refractivity contribution is -0.0831. The number of methoxy groups -OCH3 is 2. The maximum Gasteiger partial charge on any atom is 0.137 e. The Kier molecular flexibility index (Phi) is 8.80. The highest BCUT2D eigenvalue weighted by molar-refractivity contribution is 6.31. The van der Waals surface area contributed by atoms with Crippen LogP contribution in [-0.2, 0) is 22.9 Å². The first-order valence-corrected chi connectivity index (χ1v) is 9.03. The molecule has 1 saturated heterocycles. The maximum atomic E-state index is 8.60. The number of nitriles is 1. The fraction of sp³-hybridized carbons (Fsp3) is 0.316. The van der Waals surface area contributed by atoms with Gasteiger partial charge in [-0.25, -0.2) is 5.90 Å². The number of ether oxygens (including phenoxy) is 2. The van der Waals surface area contributed by atoms with Gasteiger partial charge in [-0.05, 0) is 36.4 Å². The minimum absolute atomic E-state index is 0.106. The number of hydroxylamine groups is 2. The van der Waals surface area contributed by atoms with Gasteiger partial charge in [0.2, 0.25) is 0 Å². The second-order valence-corrected chi connectivity index (χ2v) is 6.61. The van der Waals surface area contributed by atoms with E-state index in [0.29, 0.717) is 29.8 Å². The fourth-order valence-electron chi connectivity index (χ4n) is 2.33. The van der Waals surface area contributed by atoms with E-state index in [1.807, 2.05) is 0 Å². The molecule has 2 atom stereocenters. The van der Waals surface area contributed by atoms with E-state index in [-0.39, 0.29) is 6.04 Å². The number of rotatable bonds is 7. The molecular weight excluding hydrogens is 405 g/mol. The molecule has 2 aromatic rings. The molecular formula is C19H21Cl2N3O4. The first kappa shape index (κ1) is 22.2. The standard InChI is InChI=1S/C11H11ClN2O2.C8H10ClNO2/c1-15-11-3-2-9(12)4-8(11)7-16-14-6-10(14)5-13;1-11-8-3-2-7(9)4-6(8)5-12-10/h2-4,10H,6-7H2,1H3;2-4H,5,10H2,1H3. The summed E-state index contributed by atoms with van der Waals surface area (Å²) in [6.45, 7) is 1.32. The molecule has 0 saturated carbocycles. The number of benzene rings is 2. The van der Waals surface area contributed by atoms with Crippen molar-refractivity contribution in [3.63, 3.8) is 0 Å². The first-order chi connectivity index (χ1) is 13.5. The summed E-state index contributed by atoms with van der Waals surface area (Å²) in [6.07, 6.45) is 0. The quantitative estimate of drug-likeness (QED) is 0.533. The predicted molar refractivity (Wildman–Crippen MR) is 106 cm³/mol. The predicted octanol–water partition coefficient (Wildman–Crippen LogP) is 3.73. The first-order valence-electron chi connectivity index (χ1n) is 8.28. The van der Waals surface area contributed by atoms with Gasteiger partial charge in [-0.3, -0.25) is 9.68 Å². The fourth-order valence-corrected chi connectivity index (χ4v) is 2.72. The molecule has 9 heteroatoms. The molecule has 1 fully saturated rings. The molecule has 2 unspecified atom stereocenters. The number of hydrogen-bond acceptors (Lipinski definition) is 7. The van der Waals surface area contributed by atoms with E-state index >= 15 is 0 Å². The Hall–Kier alpha value is -2.05. The van der Waals surface area contributed by atoms with Crippen molar-refractivity contribution < 1.29 is 19.1 Å². The zero-order valence-corrected chi connectivity index (χ0v) is 17.0. The summed E-state index contributed by atoms with van der Waals surface area (Å²) in [7, 11) is 3.19. The second-order valence-electron chi connectivity index (χ2n) is 5.74. The lowest BCUT2D eigenvalue weighted by Gasteiger charge is -2.09. The number of nitrogens with two attached hydrogens (primary N) is 1. The van der Waals surface area contributed by atoms with E-state index in [1.54, 1.807) is 55.7 Å². The van der Waals surface area contributed by atoms with Gasteiger partial charge in [-0.2, -0.15) is 10.3 Å². The van der Waals surface area contributed by atoms with Crippen molar-refractivity contribution in [1.29, 1.82) is 5.26 Å². The van der Waals surface area contributed by atoms with Crippen LogP contribution in [0.4, 0.5) is 0 Å². The third kappa shape index (κ3) is 6.53. The maximum absolute atomic E-state index is 8.60. The molecule has 1 aliphatic rings. The van der Waals surface area contributed by atoms with Gasteiger partial charge in [0.15, 0.2) is 0 Å². The lowest BCUT2D eigenvalue weighted by Crippen LogP contribution is -2.03. The molecule has 1 heterocycles. The highest BCUT2D eigenvalue weighted by Crippen LogP contribution is 2.26. The van der Waals surface area contributed by atoms with E-state index in [1.165, 1.54) is 0 Å². The van der Waals surface area contributed by atoms with Gasteiger partial charge in [0.25, 0.3) is 0 Å². The summed E-state index contributed by atoms with van der Waals surface area (Å²) in [5, 5.41) is 11.5. The largest absolute Gasteiger partial charge is 0.496 e. The average Bonchev–Trinajstić information content (AvgIpc) is 3.46. The minimum Gasteiger partial charge on any atom is -0.496 e. The third-order valence-corrected chi connectivity index (χ3v) is 4.30. The molecule has 7 nitrogen and oxygen atoms in total. The van der Waals surface area contributed by atoms with Crippen molar-refractivity contribution in [2.75, 3.05) is 20.8 Å². The van der Waals surface area contributed by atoms with Crippen molar-refractivity contribution >= 4 is 23.2 Å². The number of halogens is 2. The zero-order valence-electron chi connectivity index (χ0n) is 15.5. The lowest BCUT2D eigenvalue weighted by atomic mass is 10.2. The average molecular weight is 426 g/mol. The summed E-state index contributed by atoms with van der Waals surface area (Å²) >= 11 is 11.6. The van der Waals surface area contributed by atoms with Crippen LogP contribution in [0.5, 0.6) is 11.5 Å². The molecule has 2 aromatic carbocycles. The van der Waals surface area contributed by atoms with Crippen LogP contribution in [0.3, 0.4) is 0 Å². The smallest absolute Gasteiger partial charge is 0.137 e.